The van der Waals surface area contributed by atoms with Crippen molar-refractivity contribution in [2.75, 3.05) is 4.90 Å². The molecule has 0 saturated carbocycles. The molecule has 1 heterocycles. The first-order valence-electron chi connectivity index (χ1n) is 8.96. The highest BCUT2D eigenvalue weighted by atomic mass is 35.5. The van der Waals surface area contributed by atoms with Crippen molar-refractivity contribution in [3.63, 3.8) is 0 Å². The summed E-state index contributed by atoms with van der Waals surface area (Å²) in [6.45, 7) is 4.93. The Hall–Kier alpha value is -1.64. The molecule has 6 nitrogen and oxygen atoms in total. The van der Waals surface area contributed by atoms with E-state index in [9.17, 15) is 18.0 Å². The van der Waals surface area contributed by atoms with Crippen LogP contribution in [0.15, 0.2) is 47.4 Å². The number of halogens is 3. The van der Waals surface area contributed by atoms with Gasteiger partial charge in [-0.1, -0.05) is 34.8 Å². The average molecular weight is 490 g/mol. The normalized spacial score (nSPS) is 17.8. The highest BCUT2D eigenvalue weighted by Crippen LogP contribution is 2.37. The van der Waals surface area contributed by atoms with Gasteiger partial charge in [-0.05, 0) is 63.2 Å². The third kappa shape index (κ3) is 4.22. The number of sulfonamides is 1. The molecule has 160 valence electrons. The highest BCUT2D eigenvalue weighted by molar-refractivity contribution is 7.89. The van der Waals surface area contributed by atoms with Gasteiger partial charge < -0.3 is 0 Å². The van der Waals surface area contributed by atoms with Crippen molar-refractivity contribution in [3.05, 3.63) is 57.5 Å². The molecule has 2 aromatic carbocycles. The maximum Gasteiger partial charge on any atom is 0.252 e. The summed E-state index contributed by atoms with van der Waals surface area (Å²) in [4.78, 5) is 26.7. The number of imide groups is 1. The van der Waals surface area contributed by atoms with Crippen LogP contribution in [-0.4, -0.2) is 36.1 Å². The van der Waals surface area contributed by atoms with E-state index in [2.05, 4.69) is 0 Å². The van der Waals surface area contributed by atoms with Crippen LogP contribution in [0.2, 0.25) is 15.1 Å². The summed E-state index contributed by atoms with van der Waals surface area (Å²) in [5, 5.41) is 0.604. The van der Waals surface area contributed by atoms with Gasteiger partial charge in [-0.3, -0.25) is 9.59 Å². The maximum atomic E-state index is 13.6. The molecular formula is C20H19Cl3N2O4S. The summed E-state index contributed by atoms with van der Waals surface area (Å²) < 4.78 is 28.2. The Balaban J connectivity index is 2.09. The summed E-state index contributed by atoms with van der Waals surface area (Å²) in [7, 11) is -4.27. The van der Waals surface area contributed by atoms with Gasteiger partial charge in [0.15, 0.2) is 0 Å². The molecule has 0 aromatic heterocycles. The number of hydrogen-bond donors (Lipinski definition) is 0. The van der Waals surface area contributed by atoms with Crippen LogP contribution in [0, 0.1) is 0 Å². The number of anilines is 1. The second-order valence-electron chi connectivity index (χ2n) is 7.81. The molecular weight excluding hydrogens is 471 g/mol. The molecule has 1 aliphatic rings. The zero-order chi connectivity index (χ0) is 22.4. The lowest BCUT2D eigenvalue weighted by Gasteiger charge is -2.37. The van der Waals surface area contributed by atoms with Gasteiger partial charge in [0.05, 0.1) is 17.1 Å². The smallest absolute Gasteiger partial charge is 0.252 e. The summed E-state index contributed by atoms with van der Waals surface area (Å²) in [5.41, 5.74) is -0.704. The van der Waals surface area contributed by atoms with Gasteiger partial charge in [-0.15, -0.1) is 0 Å². The third-order valence-corrected chi connectivity index (χ3v) is 7.72. The molecule has 1 saturated heterocycles. The Morgan fingerprint density at radius 3 is 2.10 bits per heavy atom. The largest absolute Gasteiger partial charge is 0.274 e. The molecule has 0 spiro atoms. The molecule has 0 aliphatic carbocycles. The molecule has 3 rings (SSSR count). The van der Waals surface area contributed by atoms with Gasteiger partial charge in [-0.25, -0.2) is 13.3 Å². The van der Waals surface area contributed by atoms with Gasteiger partial charge in [-0.2, -0.15) is 4.31 Å². The first-order valence-corrected chi connectivity index (χ1v) is 11.5. The zero-order valence-corrected chi connectivity index (χ0v) is 19.5. The number of carbonyl (C=O) groups excluding carboxylic acids is 2. The Bertz CT molecular complexity index is 1110. The van der Waals surface area contributed by atoms with Crippen LogP contribution in [0.3, 0.4) is 0 Å². The molecule has 0 radical (unpaired) electrons. The summed E-state index contributed by atoms with van der Waals surface area (Å²) in [6, 6.07) is 9.01. The predicted octanol–water partition coefficient (Wildman–Crippen LogP) is 4.77. The van der Waals surface area contributed by atoms with Crippen molar-refractivity contribution in [3.8, 4) is 0 Å². The van der Waals surface area contributed by atoms with E-state index < -0.39 is 33.4 Å². The molecule has 1 unspecified atom stereocenters. The van der Waals surface area contributed by atoms with Gasteiger partial charge in [0.2, 0.25) is 15.9 Å². The number of benzene rings is 2. The Morgan fingerprint density at radius 1 is 0.967 bits per heavy atom. The minimum absolute atomic E-state index is 0.0278. The fraction of sp³-hybridized carbons (Fsp3) is 0.300. The van der Waals surface area contributed by atoms with Crippen LogP contribution in [0.1, 0.15) is 27.2 Å². The maximum absolute atomic E-state index is 13.6. The van der Waals surface area contributed by atoms with Crippen LogP contribution in [0.5, 0.6) is 0 Å². The van der Waals surface area contributed by atoms with Crippen molar-refractivity contribution in [2.24, 2.45) is 0 Å². The first-order chi connectivity index (χ1) is 13.8. The van der Waals surface area contributed by atoms with E-state index in [0.717, 1.165) is 9.21 Å². The van der Waals surface area contributed by atoms with Crippen LogP contribution in [0.25, 0.3) is 0 Å². The van der Waals surface area contributed by atoms with E-state index in [0.29, 0.717) is 10.7 Å². The highest BCUT2D eigenvalue weighted by Gasteiger charge is 2.51. The molecule has 2 amide bonds. The van der Waals surface area contributed by atoms with Gasteiger partial charge in [0.1, 0.15) is 10.9 Å². The van der Waals surface area contributed by atoms with Crippen LogP contribution in [0.4, 0.5) is 5.69 Å². The zero-order valence-electron chi connectivity index (χ0n) is 16.4. The predicted molar refractivity (Wildman–Crippen MR) is 118 cm³/mol. The molecule has 10 heteroatoms. The molecule has 1 aliphatic heterocycles. The summed E-state index contributed by atoms with van der Waals surface area (Å²) in [6.07, 6.45) is -0.295. The quantitative estimate of drug-likeness (QED) is 0.580. The standard InChI is InChI=1S/C20H19Cl3N2O4S/c1-20(2,3)25(30(28,29)17-10-13(22)6-9-15(17)23)16-11-18(26)24(19(16)27)14-7-4-12(21)5-8-14/h4-10,16H,11H2,1-3H3. The number of amides is 2. The Kier molecular flexibility index (Phi) is 6.24. The van der Waals surface area contributed by atoms with Gasteiger partial charge >= 0.3 is 0 Å². The van der Waals surface area contributed by atoms with E-state index in [1.54, 1.807) is 32.9 Å². The van der Waals surface area contributed by atoms with Crippen molar-refractivity contribution in [1.29, 1.82) is 0 Å². The SMILES string of the molecule is CC(C)(C)N(C1CC(=O)N(c2ccc(Cl)cc2)C1=O)S(=O)(=O)c1cc(Cl)ccc1Cl. The minimum Gasteiger partial charge on any atom is -0.274 e. The van der Waals surface area contributed by atoms with E-state index in [1.165, 1.54) is 30.3 Å². The third-order valence-electron chi connectivity index (χ3n) is 4.58. The van der Waals surface area contributed by atoms with Crippen molar-refractivity contribution in [1.82, 2.24) is 4.31 Å². The Morgan fingerprint density at radius 2 is 1.53 bits per heavy atom. The molecule has 2 aromatic rings. The molecule has 0 bridgehead atoms. The fourth-order valence-electron chi connectivity index (χ4n) is 3.44. The summed E-state index contributed by atoms with van der Waals surface area (Å²) >= 11 is 18.0. The van der Waals surface area contributed by atoms with Crippen LogP contribution in [-0.2, 0) is 19.6 Å². The van der Waals surface area contributed by atoms with Gasteiger partial charge in [0.25, 0.3) is 5.91 Å². The fourth-order valence-corrected chi connectivity index (χ4v) is 6.23. The molecule has 30 heavy (non-hydrogen) atoms. The molecule has 1 atom stereocenters. The number of nitrogens with zero attached hydrogens (tertiary/aromatic N) is 2. The number of rotatable bonds is 4. The van der Waals surface area contributed by atoms with Gasteiger partial charge in [0, 0.05) is 15.6 Å². The van der Waals surface area contributed by atoms with E-state index >= 15 is 0 Å². The number of carbonyl (C=O) groups is 2. The lowest BCUT2D eigenvalue weighted by atomic mass is 10.1. The lowest BCUT2D eigenvalue weighted by molar-refractivity contribution is -0.122. The second-order valence-corrected chi connectivity index (χ2v) is 10.9. The first kappa shape index (κ1) is 23.0. The summed E-state index contributed by atoms with van der Waals surface area (Å²) in [5.74, 6) is -1.15. The monoisotopic (exact) mass is 488 g/mol. The van der Waals surface area contributed by atoms with Crippen LogP contribution >= 0.6 is 34.8 Å². The van der Waals surface area contributed by atoms with Crippen molar-refractivity contribution < 1.29 is 18.0 Å². The lowest BCUT2D eigenvalue weighted by Crippen LogP contribution is -2.54. The van der Waals surface area contributed by atoms with Crippen molar-refractivity contribution >= 4 is 62.3 Å². The van der Waals surface area contributed by atoms with E-state index in [1.807, 2.05) is 0 Å². The Labute approximate surface area is 190 Å². The second kappa shape index (κ2) is 8.13. The average Bonchev–Trinajstić information content (AvgIpc) is 2.90. The van der Waals surface area contributed by atoms with Crippen molar-refractivity contribution in [2.45, 2.75) is 43.7 Å². The topological polar surface area (TPSA) is 74.8 Å². The number of hydrogen-bond acceptors (Lipinski definition) is 4. The minimum atomic E-state index is -4.27. The molecule has 1 fully saturated rings. The van der Waals surface area contributed by atoms with E-state index in [-0.39, 0.29) is 21.4 Å². The molecule has 0 N–H and O–H groups in total. The van der Waals surface area contributed by atoms with Crippen LogP contribution < -0.4 is 4.90 Å². The van der Waals surface area contributed by atoms with E-state index in [4.69, 9.17) is 34.8 Å².